The van der Waals surface area contributed by atoms with E-state index in [0.29, 0.717) is 5.56 Å². The second kappa shape index (κ2) is 9.50. The van der Waals surface area contributed by atoms with Crippen molar-refractivity contribution in [2.45, 2.75) is 31.2 Å². The number of hydrogen-bond acceptors (Lipinski definition) is 6. The number of aliphatic hydroxyl groups is 1. The number of hydrogen-bond donors (Lipinski definition) is 2. The van der Waals surface area contributed by atoms with E-state index in [2.05, 4.69) is 15.0 Å². The Labute approximate surface area is 195 Å². The highest BCUT2D eigenvalue weighted by Gasteiger charge is 2.59. The Morgan fingerprint density at radius 2 is 1.79 bits per heavy atom. The molecule has 7 nitrogen and oxygen atoms in total. The molecule has 33 heavy (non-hydrogen) atoms. The number of carboxylic acid groups (broad SMARTS) is 1. The lowest BCUT2D eigenvalue weighted by Crippen LogP contribution is -2.46. The van der Waals surface area contributed by atoms with Gasteiger partial charge in [0.25, 0.3) is 0 Å². The number of carboxylic acids is 1. The summed E-state index contributed by atoms with van der Waals surface area (Å²) in [6, 6.07) is 6.16. The highest BCUT2D eigenvalue weighted by Crippen LogP contribution is 2.49. The molecule has 2 heterocycles. The van der Waals surface area contributed by atoms with E-state index in [1.54, 1.807) is 0 Å². The molecule has 0 aliphatic carbocycles. The minimum Gasteiger partial charge on any atom is -0.478 e. The molecule has 3 aromatic rings. The summed E-state index contributed by atoms with van der Waals surface area (Å²) in [6.45, 7) is 1.13. The van der Waals surface area contributed by atoms with Crippen molar-refractivity contribution >= 4 is 29.2 Å². The number of carbonyl (C=O) groups is 1. The van der Waals surface area contributed by atoms with Gasteiger partial charge in [-0.25, -0.2) is 19.7 Å². The van der Waals surface area contributed by atoms with Crippen LogP contribution >= 0.6 is 23.2 Å². The molecule has 0 amide bonds. The van der Waals surface area contributed by atoms with Gasteiger partial charge in [0.2, 0.25) is 0 Å². The summed E-state index contributed by atoms with van der Waals surface area (Å²) >= 11 is 12.0. The molecule has 2 aromatic heterocycles. The fraction of sp³-hybridized carbons (Fsp3) is 0.238. The van der Waals surface area contributed by atoms with Crippen LogP contribution in [-0.4, -0.2) is 37.3 Å². The number of halogens is 5. The monoisotopic (exact) mass is 501 g/mol. The Morgan fingerprint density at radius 3 is 2.33 bits per heavy atom. The lowest BCUT2D eigenvalue weighted by molar-refractivity contribution is -0.274. The zero-order chi connectivity index (χ0) is 24.4. The van der Waals surface area contributed by atoms with E-state index >= 15 is 0 Å². The van der Waals surface area contributed by atoms with Crippen molar-refractivity contribution in [2.75, 3.05) is 0 Å². The molecule has 3 rings (SSSR count). The third-order valence-electron chi connectivity index (χ3n) is 5.00. The maximum Gasteiger partial charge on any atom is 0.422 e. The third kappa shape index (κ3) is 5.18. The maximum atomic E-state index is 14.0. The predicted octanol–water partition coefficient (Wildman–Crippen LogP) is 5.01. The molecule has 0 saturated heterocycles. The van der Waals surface area contributed by atoms with Crippen LogP contribution < -0.4 is 4.74 Å². The van der Waals surface area contributed by atoms with Crippen molar-refractivity contribution in [2.24, 2.45) is 0 Å². The van der Waals surface area contributed by atoms with Gasteiger partial charge in [0.05, 0.1) is 5.56 Å². The average Bonchev–Trinajstić information content (AvgIpc) is 2.76. The first-order valence-corrected chi connectivity index (χ1v) is 10.1. The summed E-state index contributed by atoms with van der Waals surface area (Å²) < 4.78 is 47.4. The molecular weight excluding hydrogens is 486 g/mol. The predicted molar refractivity (Wildman–Crippen MR) is 112 cm³/mol. The summed E-state index contributed by atoms with van der Waals surface area (Å²) in [7, 11) is 0. The molecule has 1 aromatic carbocycles. The molecule has 0 spiro atoms. The lowest BCUT2D eigenvalue weighted by atomic mass is 9.78. The van der Waals surface area contributed by atoms with E-state index in [0.717, 1.165) is 30.7 Å². The molecule has 0 fully saturated rings. The number of nitrogens with zero attached hydrogens (tertiary/aromatic N) is 3. The smallest absolute Gasteiger partial charge is 0.422 e. The van der Waals surface area contributed by atoms with E-state index < -0.39 is 29.2 Å². The first kappa shape index (κ1) is 24.7. The highest BCUT2D eigenvalue weighted by atomic mass is 35.5. The SMILES string of the molecule is CC(c1ccc(COc2ncc(C(=O)O)cn2)cc1Cl)C(O)(c1ccnc(Cl)c1)C(F)(F)F. The van der Waals surface area contributed by atoms with Crippen LogP contribution in [0.5, 0.6) is 6.01 Å². The largest absolute Gasteiger partial charge is 0.478 e. The standard InChI is InChI=1S/C21H16Cl2F3N3O4/c1-11(20(32,21(24,25)26)14-4-5-27-17(23)7-14)15-3-2-12(6-16(15)22)10-33-19-28-8-13(9-29-19)18(30)31/h2-9,11,32H,10H2,1H3,(H,30,31). The number of pyridine rings is 1. The van der Waals surface area contributed by atoms with E-state index in [4.69, 9.17) is 33.0 Å². The molecule has 174 valence electrons. The van der Waals surface area contributed by atoms with Crippen LogP contribution in [-0.2, 0) is 12.2 Å². The van der Waals surface area contributed by atoms with Gasteiger partial charge in [0.1, 0.15) is 11.8 Å². The fourth-order valence-corrected chi connectivity index (χ4v) is 3.73. The van der Waals surface area contributed by atoms with E-state index in [-0.39, 0.29) is 33.9 Å². The number of ether oxygens (including phenoxy) is 1. The number of benzene rings is 1. The Morgan fingerprint density at radius 1 is 1.12 bits per heavy atom. The first-order chi connectivity index (χ1) is 15.4. The number of aromatic nitrogens is 3. The maximum absolute atomic E-state index is 14.0. The number of alkyl halides is 3. The van der Waals surface area contributed by atoms with Gasteiger partial charge >= 0.3 is 18.2 Å². The van der Waals surface area contributed by atoms with E-state index in [1.807, 2.05) is 0 Å². The second-order valence-electron chi connectivity index (χ2n) is 7.06. The van der Waals surface area contributed by atoms with Crippen LogP contribution in [0.15, 0.2) is 48.9 Å². The zero-order valence-corrected chi connectivity index (χ0v) is 18.4. The van der Waals surface area contributed by atoms with Crippen LogP contribution in [0.3, 0.4) is 0 Å². The van der Waals surface area contributed by atoms with E-state index in [1.165, 1.54) is 25.1 Å². The molecule has 2 atom stereocenters. The number of aromatic carboxylic acids is 1. The van der Waals surface area contributed by atoms with Gasteiger partial charge < -0.3 is 14.9 Å². The van der Waals surface area contributed by atoms with Crippen molar-refractivity contribution < 1.29 is 32.9 Å². The van der Waals surface area contributed by atoms with Crippen molar-refractivity contribution in [3.8, 4) is 6.01 Å². The van der Waals surface area contributed by atoms with Gasteiger partial charge in [0.15, 0.2) is 5.60 Å². The molecule has 2 N–H and O–H groups in total. The normalized spacial score (nSPS) is 14.4. The van der Waals surface area contributed by atoms with Gasteiger partial charge in [0, 0.05) is 29.5 Å². The molecule has 0 radical (unpaired) electrons. The molecular formula is C21H16Cl2F3N3O4. The van der Waals surface area contributed by atoms with Crippen LogP contribution in [0.1, 0.15) is 39.9 Å². The average molecular weight is 502 g/mol. The Hall–Kier alpha value is -2.95. The molecule has 0 aliphatic rings. The van der Waals surface area contributed by atoms with Gasteiger partial charge in [-0.2, -0.15) is 13.2 Å². The lowest BCUT2D eigenvalue weighted by Gasteiger charge is -2.37. The Bertz CT molecular complexity index is 1160. The summed E-state index contributed by atoms with van der Waals surface area (Å²) in [5.74, 6) is -2.68. The Balaban J connectivity index is 1.84. The summed E-state index contributed by atoms with van der Waals surface area (Å²) in [5.41, 5.74) is -3.31. The zero-order valence-electron chi connectivity index (χ0n) is 16.8. The highest BCUT2D eigenvalue weighted by molar-refractivity contribution is 6.31. The molecule has 0 aliphatic heterocycles. The third-order valence-corrected chi connectivity index (χ3v) is 5.53. The quantitative estimate of drug-likeness (QED) is 0.438. The van der Waals surface area contributed by atoms with Gasteiger partial charge in [-0.15, -0.1) is 0 Å². The van der Waals surface area contributed by atoms with Crippen LogP contribution in [0.25, 0.3) is 0 Å². The van der Waals surface area contributed by atoms with Gasteiger partial charge in [-0.05, 0) is 34.9 Å². The summed E-state index contributed by atoms with van der Waals surface area (Å²) in [5, 5.41) is 19.5. The van der Waals surface area contributed by atoms with Crippen molar-refractivity contribution in [3.05, 3.63) is 81.4 Å². The van der Waals surface area contributed by atoms with Crippen molar-refractivity contribution in [3.63, 3.8) is 0 Å². The van der Waals surface area contributed by atoms with Gasteiger partial charge in [-0.3, -0.25) is 0 Å². The first-order valence-electron chi connectivity index (χ1n) is 9.31. The van der Waals surface area contributed by atoms with Crippen molar-refractivity contribution in [1.29, 1.82) is 0 Å². The summed E-state index contributed by atoms with van der Waals surface area (Å²) in [4.78, 5) is 22.0. The molecule has 2 unspecified atom stereocenters. The summed E-state index contributed by atoms with van der Waals surface area (Å²) in [6.07, 6.45) is -1.81. The fourth-order valence-electron chi connectivity index (χ4n) is 3.18. The van der Waals surface area contributed by atoms with Crippen LogP contribution in [0.4, 0.5) is 13.2 Å². The van der Waals surface area contributed by atoms with Crippen molar-refractivity contribution in [1.82, 2.24) is 15.0 Å². The minimum atomic E-state index is -5.04. The van der Waals surface area contributed by atoms with Gasteiger partial charge in [-0.1, -0.05) is 42.3 Å². The minimum absolute atomic E-state index is 0.0198. The second-order valence-corrected chi connectivity index (χ2v) is 7.85. The van der Waals surface area contributed by atoms with Crippen LogP contribution in [0, 0.1) is 0 Å². The Kier molecular flexibility index (Phi) is 7.11. The molecule has 0 bridgehead atoms. The number of rotatable bonds is 7. The van der Waals surface area contributed by atoms with E-state index in [9.17, 15) is 23.1 Å². The van der Waals surface area contributed by atoms with Crippen LogP contribution in [0.2, 0.25) is 10.2 Å². The molecule has 12 heteroatoms. The topological polar surface area (TPSA) is 105 Å². The molecule has 0 saturated carbocycles.